The molecule has 190 valence electrons. The standard InChI is InChI=1S/C14H18O4.C13H18O2.CH4.H2/c1-10(15)13(14(16)17)12(18-2)9-8-11-6-4-3-5-7-11;1-11(14)10-13(15-2)9-8-12-6-4-3-5-7-12;;/h3-7,12-13H,8-9H2,1-2H3,(H,16,17);3-7,13H,8-10H2,1-2H3;1H4;1H/i;;;1+1. The van der Waals surface area contributed by atoms with Crippen LogP contribution in [0.1, 0.15) is 53.1 Å². The maximum atomic E-state index is 11.3. The van der Waals surface area contributed by atoms with Gasteiger partial charge in [-0.1, -0.05) is 68.1 Å². The Labute approximate surface area is 205 Å². The molecule has 2 rings (SSSR count). The highest BCUT2D eigenvalue weighted by Crippen LogP contribution is 2.16. The van der Waals surface area contributed by atoms with Crippen molar-refractivity contribution in [3.05, 3.63) is 71.8 Å². The van der Waals surface area contributed by atoms with Crippen LogP contribution in [0.2, 0.25) is 0 Å². The number of hydrogen-bond acceptors (Lipinski definition) is 5. The van der Waals surface area contributed by atoms with E-state index in [4.69, 9.17) is 14.6 Å². The van der Waals surface area contributed by atoms with E-state index in [2.05, 4.69) is 12.1 Å². The van der Waals surface area contributed by atoms with Crippen LogP contribution in [0.25, 0.3) is 0 Å². The summed E-state index contributed by atoms with van der Waals surface area (Å²) in [4.78, 5) is 33.3. The van der Waals surface area contributed by atoms with Gasteiger partial charge < -0.3 is 14.6 Å². The fourth-order valence-corrected chi connectivity index (χ4v) is 3.57. The van der Waals surface area contributed by atoms with E-state index in [1.165, 1.54) is 19.6 Å². The molecule has 0 saturated heterocycles. The molecule has 0 saturated carbocycles. The molecule has 0 spiro atoms. The van der Waals surface area contributed by atoms with Gasteiger partial charge >= 0.3 is 5.97 Å². The average molecular weight is 476 g/mol. The SMILES string of the molecule is C.COC(CCc1ccccc1)C(C(C)=O)C(=O)O.COC(CCc1ccccc1)CC(C)=O.[2HH]. The Bertz CT molecular complexity index is 827. The molecular formula is C28H42O6. The summed E-state index contributed by atoms with van der Waals surface area (Å²) in [6, 6.07) is 20.0. The predicted molar refractivity (Wildman–Crippen MR) is 137 cm³/mol. The highest BCUT2D eigenvalue weighted by Gasteiger charge is 2.32. The molecule has 0 aliphatic rings. The molecule has 0 aliphatic heterocycles. The van der Waals surface area contributed by atoms with Crippen LogP contribution < -0.4 is 0 Å². The number of hydrogen-bond donors (Lipinski definition) is 1. The molecule has 34 heavy (non-hydrogen) atoms. The lowest BCUT2D eigenvalue weighted by molar-refractivity contribution is -0.151. The van der Waals surface area contributed by atoms with Crippen molar-refractivity contribution in [2.45, 2.75) is 65.6 Å². The number of carbonyl (C=O) groups excluding carboxylic acids is 2. The summed E-state index contributed by atoms with van der Waals surface area (Å²) in [5.74, 6) is -2.39. The third kappa shape index (κ3) is 12.4. The van der Waals surface area contributed by atoms with Crippen LogP contribution in [0.5, 0.6) is 0 Å². The third-order valence-corrected chi connectivity index (χ3v) is 5.39. The zero-order valence-electron chi connectivity index (χ0n) is 20.0. The summed E-state index contributed by atoms with van der Waals surface area (Å²) in [7, 11) is 3.10. The predicted octanol–water partition coefficient (Wildman–Crippen LogP) is 5.42. The number of aliphatic carboxylic acids is 1. The molecule has 3 atom stereocenters. The molecular weight excluding hydrogens is 432 g/mol. The van der Waals surface area contributed by atoms with E-state index in [0.29, 0.717) is 19.3 Å². The monoisotopic (exact) mass is 475 g/mol. The van der Waals surface area contributed by atoms with E-state index in [1.807, 2.05) is 48.5 Å². The van der Waals surface area contributed by atoms with Crippen molar-refractivity contribution in [3.63, 3.8) is 0 Å². The fraction of sp³-hybridized carbons (Fsp3) is 0.464. The molecule has 6 heteroatoms. The largest absolute Gasteiger partial charge is 0.481 e. The van der Waals surface area contributed by atoms with Crippen LogP contribution in [-0.4, -0.2) is 49.1 Å². The van der Waals surface area contributed by atoms with Gasteiger partial charge in [0.25, 0.3) is 0 Å². The van der Waals surface area contributed by atoms with Gasteiger partial charge in [0.05, 0.1) is 12.2 Å². The normalized spacial score (nSPS) is 12.8. The molecule has 0 heterocycles. The van der Waals surface area contributed by atoms with Crippen LogP contribution in [0.4, 0.5) is 0 Å². The van der Waals surface area contributed by atoms with Crippen LogP contribution in [0, 0.1) is 5.92 Å². The maximum Gasteiger partial charge on any atom is 0.316 e. The van der Waals surface area contributed by atoms with Crippen LogP contribution in [0.3, 0.4) is 0 Å². The molecule has 0 radical (unpaired) electrons. The van der Waals surface area contributed by atoms with Gasteiger partial charge in [-0.25, -0.2) is 0 Å². The Kier molecular flexibility index (Phi) is 16.2. The molecule has 2 aromatic carbocycles. The summed E-state index contributed by atoms with van der Waals surface area (Å²) in [5.41, 5.74) is 2.40. The molecule has 0 aromatic heterocycles. The van der Waals surface area contributed by atoms with Crippen molar-refractivity contribution in [1.29, 1.82) is 0 Å². The van der Waals surface area contributed by atoms with Crippen molar-refractivity contribution in [3.8, 4) is 0 Å². The number of carboxylic acids is 1. The number of Topliss-reactive ketones (excluding diaryl/α,β-unsaturated/α-hetero) is 2. The molecule has 0 amide bonds. The number of rotatable bonds is 13. The van der Waals surface area contributed by atoms with Crippen molar-refractivity contribution in [2.24, 2.45) is 5.92 Å². The number of carboxylic acid groups (broad SMARTS) is 1. The first-order valence-corrected chi connectivity index (χ1v) is 11.1. The second-order valence-electron chi connectivity index (χ2n) is 8.01. The summed E-state index contributed by atoms with van der Waals surface area (Å²) < 4.78 is 10.4. The number of aryl methyl sites for hydroxylation is 2. The van der Waals surface area contributed by atoms with Crippen molar-refractivity contribution >= 4 is 17.5 Å². The van der Waals surface area contributed by atoms with Gasteiger partial charge in [0.1, 0.15) is 17.5 Å². The minimum absolute atomic E-state index is 0. The van der Waals surface area contributed by atoms with E-state index in [-0.39, 0.29) is 26.5 Å². The minimum Gasteiger partial charge on any atom is -0.481 e. The number of carbonyl (C=O) groups is 3. The minimum atomic E-state index is -1.12. The van der Waals surface area contributed by atoms with Crippen molar-refractivity contribution in [2.75, 3.05) is 14.2 Å². The topological polar surface area (TPSA) is 89.9 Å². The number of methoxy groups -OCH3 is 2. The zero-order chi connectivity index (χ0) is 24.6. The highest BCUT2D eigenvalue weighted by molar-refractivity contribution is 5.97. The molecule has 2 aromatic rings. The second-order valence-corrected chi connectivity index (χ2v) is 8.01. The molecule has 6 nitrogen and oxygen atoms in total. The van der Waals surface area contributed by atoms with Gasteiger partial charge in [0.2, 0.25) is 0 Å². The molecule has 0 aliphatic carbocycles. The summed E-state index contributed by atoms with van der Waals surface area (Å²) in [6.45, 7) is 2.89. The van der Waals surface area contributed by atoms with Gasteiger partial charge in [-0.2, -0.15) is 0 Å². The van der Waals surface area contributed by atoms with Crippen molar-refractivity contribution in [1.82, 2.24) is 0 Å². The van der Waals surface area contributed by atoms with E-state index in [9.17, 15) is 14.4 Å². The summed E-state index contributed by atoms with van der Waals surface area (Å²) in [6.07, 6.45) is 3.06. The Balaban J connectivity index is 0. The molecule has 3 unspecified atom stereocenters. The highest BCUT2D eigenvalue weighted by atomic mass is 16.5. The van der Waals surface area contributed by atoms with Crippen LogP contribution in [0.15, 0.2) is 60.7 Å². The second kappa shape index (κ2) is 17.6. The lowest BCUT2D eigenvalue weighted by Gasteiger charge is -2.20. The summed E-state index contributed by atoms with van der Waals surface area (Å²) in [5, 5.41) is 9.04. The molecule has 0 bridgehead atoms. The van der Waals surface area contributed by atoms with Gasteiger partial charge in [0, 0.05) is 22.1 Å². The quantitative estimate of drug-likeness (QED) is 0.389. The van der Waals surface area contributed by atoms with Crippen molar-refractivity contribution < 1.29 is 30.4 Å². The lowest BCUT2D eigenvalue weighted by Crippen LogP contribution is -2.35. The Morgan fingerprint density at radius 1 is 0.824 bits per heavy atom. The van der Waals surface area contributed by atoms with Gasteiger partial charge in [-0.3, -0.25) is 14.4 Å². The first-order valence-electron chi connectivity index (χ1n) is 11.1. The zero-order valence-corrected chi connectivity index (χ0v) is 20.0. The Morgan fingerprint density at radius 3 is 1.65 bits per heavy atom. The average Bonchev–Trinajstić information content (AvgIpc) is 2.80. The smallest absolute Gasteiger partial charge is 0.316 e. The number of ketones is 2. The Morgan fingerprint density at radius 2 is 1.29 bits per heavy atom. The Hall–Kier alpha value is -2.83. The van der Waals surface area contributed by atoms with E-state index in [0.717, 1.165) is 18.4 Å². The number of ether oxygens (including phenoxy) is 2. The van der Waals surface area contributed by atoms with Gasteiger partial charge in [0.15, 0.2) is 0 Å². The van der Waals surface area contributed by atoms with Crippen LogP contribution in [-0.2, 0) is 36.7 Å². The first kappa shape index (κ1) is 31.2. The third-order valence-electron chi connectivity index (χ3n) is 5.39. The molecule has 1 N–H and O–H groups in total. The van der Waals surface area contributed by atoms with Crippen LogP contribution >= 0.6 is 0 Å². The van der Waals surface area contributed by atoms with Gasteiger partial charge in [-0.15, -0.1) is 0 Å². The van der Waals surface area contributed by atoms with Gasteiger partial charge in [-0.05, 0) is 50.7 Å². The summed E-state index contributed by atoms with van der Waals surface area (Å²) >= 11 is 0. The maximum absolute atomic E-state index is 11.3. The fourth-order valence-electron chi connectivity index (χ4n) is 3.57. The number of benzene rings is 2. The lowest BCUT2D eigenvalue weighted by atomic mass is 9.93. The van der Waals surface area contributed by atoms with E-state index >= 15 is 0 Å². The van der Waals surface area contributed by atoms with E-state index in [1.54, 1.807) is 14.0 Å². The van der Waals surface area contributed by atoms with E-state index < -0.39 is 18.0 Å². The molecule has 0 fully saturated rings. The first-order chi connectivity index (χ1) is 15.8.